The molecule has 1 atom stereocenters. The highest BCUT2D eigenvalue weighted by atomic mass is 32.2. The molecule has 1 aromatic rings. The SMILES string of the molecule is CSc1cc2c(cc1SC)N(C)C(C)O2. The lowest BCUT2D eigenvalue weighted by atomic mass is 10.3. The molecule has 2 nitrogen and oxygen atoms in total. The van der Waals surface area contributed by atoms with Gasteiger partial charge in [0.25, 0.3) is 0 Å². The Morgan fingerprint density at radius 1 is 1.20 bits per heavy atom. The summed E-state index contributed by atoms with van der Waals surface area (Å²) in [6.45, 7) is 2.07. The minimum Gasteiger partial charge on any atom is -0.469 e. The number of rotatable bonds is 2. The van der Waals surface area contributed by atoms with Crippen LogP contribution in [-0.2, 0) is 0 Å². The largest absolute Gasteiger partial charge is 0.469 e. The molecule has 0 bridgehead atoms. The van der Waals surface area contributed by atoms with E-state index in [9.17, 15) is 0 Å². The maximum atomic E-state index is 5.76. The predicted octanol–water partition coefficient (Wildman–Crippen LogP) is 3.31. The smallest absolute Gasteiger partial charge is 0.169 e. The topological polar surface area (TPSA) is 12.5 Å². The maximum absolute atomic E-state index is 5.76. The summed E-state index contributed by atoms with van der Waals surface area (Å²) in [5.74, 6) is 1.01. The minimum absolute atomic E-state index is 0.145. The second-order valence-electron chi connectivity index (χ2n) is 3.50. The van der Waals surface area contributed by atoms with E-state index in [0.29, 0.717) is 0 Å². The Hall–Kier alpha value is -0.480. The number of hydrogen-bond acceptors (Lipinski definition) is 4. The van der Waals surface area contributed by atoms with Crippen molar-refractivity contribution in [2.75, 3.05) is 24.5 Å². The molecule has 0 fully saturated rings. The Kier molecular flexibility index (Phi) is 3.07. The first-order valence-electron chi connectivity index (χ1n) is 4.83. The zero-order valence-corrected chi connectivity index (χ0v) is 11.0. The van der Waals surface area contributed by atoms with Crippen LogP contribution >= 0.6 is 23.5 Å². The van der Waals surface area contributed by atoms with Gasteiger partial charge in [-0.15, -0.1) is 23.5 Å². The van der Waals surface area contributed by atoms with Crippen LogP contribution in [0.2, 0.25) is 0 Å². The molecule has 1 aliphatic rings. The van der Waals surface area contributed by atoms with Gasteiger partial charge >= 0.3 is 0 Å². The van der Waals surface area contributed by atoms with Gasteiger partial charge in [-0.25, -0.2) is 0 Å². The molecule has 0 saturated heterocycles. The molecular formula is C11H15NOS2. The molecular weight excluding hydrogens is 226 g/mol. The molecule has 1 unspecified atom stereocenters. The monoisotopic (exact) mass is 241 g/mol. The number of anilines is 1. The Morgan fingerprint density at radius 3 is 2.40 bits per heavy atom. The molecule has 0 radical (unpaired) electrons. The number of fused-ring (bicyclic) bond motifs is 1. The van der Waals surface area contributed by atoms with E-state index in [4.69, 9.17) is 4.74 Å². The summed E-state index contributed by atoms with van der Waals surface area (Å²) in [6, 6.07) is 4.36. The van der Waals surface area contributed by atoms with Crippen molar-refractivity contribution in [2.24, 2.45) is 0 Å². The van der Waals surface area contributed by atoms with Crippen LogP contribution in [0.1, 0.15) is 6.92 Å². The molecule has 0 spiro atoms. The lowest BCUT2D eigenvalue weighted by Crippen LogP contribution is -2.27. The average Bonchev–Trinajstić information content (AvgIpc) is 2.53. The molecule has 0 aromatic heterocycles. The van der Waals surface area contributed by atoms with Gasteiger partial charge in [-0.2, -0.15) is 0 Å². The van der Waals surface area contributed by atoms with Gasteiger partial charge in [0, 0.05) is 16.8 Å². The van der Waals surface area contributed by atoms with Crippen molar-refractivity contribution in [3.63, 3.8) is 0 Å². The molecule has 1 aromatic carbocycles. The molecule has 15 heavy (non-hydrogen) atoms. The predicted molar refractivity (Wildman–Crippen MR) is 68.5 cm³/mol. The summed E-state index contributed by atoms with van der Waals surface area (Å²) in [4.78, 5) is 4.79. The molecule has 0 aliphatic carbocycles. The summed E-state index contributed by atoms with van der Waals surface area (Å²) < 4.78 is 5.76. The number of hydrogen-bond donors (Lipinski definition) is 0. The fourth-order valence-electron chi connectivity index (χ4n) is 1.68. The van der Waals surface area contributed by atoms with Crippen molar-refractivity contribution < 1.29 is 4.74 Å². The highest BCUT2D eigenvalue weighted by Gasteiger charge is 2.25. The molecule has 0 N–H and O–H groups in total. The fraction of sp³-hybridized carbons (Fsp3) is 0.455. The van der Waals surface area contributed by atoms with Crippen molar-refractivity contribution in [1.82, 2.24) is 0 Å². The van der Waals surface area contributed by atoms with Crippen molar-refractivity contribution in [3.8, 4) is 5.75 Å². The third-order valence-electron chi connectivity index (χ3n) is 2.69. The molecule has 1 heterocycles. The summed E-state index contributed by atoms with van der Waals surface area (Å²) in [6.07, 6.45) is 4.36. The molecule has 2 rings (SSSR count). The standard InChI is InChI=1S/C11H15NOS2/c1-7-12(2)8-5-10(14-3)11(15-4)6-9(8)13-7/h5-7H,1-4H3. The lowest BCUT2D eigenvalue weighted by Gasteiger charge is -2.15. The first-order chi connectivity index (χ1) is 7.17. The van der Waals surface area contributed by atoms with E-state index in [1.54, 1.807) is 23.5 Å². The van der Waals surface area contributed by atoms with E-state index in [1.165, 1.54) is 15.5 Å². The second kappa shape index (κ2) is 4.18. The van der Waals surface area contributed by atoms with E-state index < -0.39 is 0 Å². The number of nitrogens with zero attached hydrogens (tertiary/aromatic N) is 1. The van der Waals surface area contributed by atoms with Crippen LogP contribution in [0, 0.1) is 0 Å². The molecule has 82 valence electrons. The Morgan fingerprint density at radius 2 is 1.80 bits per heavy atom. The first-order valence-corrected chi connectivity index (χ1v) is 7.28. The van der Waals surface area contributed by atoms with Crippen LogP contribution in [-0.4, -0.2) is 25.8 Å². The molecule has 1 aliphatic heterocycles. The quantitative estimate of drug-likeness (QED) is 0.736. The third-order valence-corrected chi connectivity index (χ3v) is 4.37. The second-order valence-corrected chi connectivity index (χ2v) is 5.20. The van der Waals surface area contributed by atoms with E-state index in [0.717, 1.165) is 5.75 Å². The zero-order chi connectivity index (χ0) is 11.0. The summed E-state index contributed by atoms with van der Waals surface area (Å²) in [7, 11) is 2.07. The summed E-state index contributed by atoms with van der Waals surface area (Å²) in [5.41, 5.74) is 1.20. The highest BCUT2D eigenvalue weighted by Crippen LogP contribution is 2.42. The minimum atomic E-state index is 0.145. The summed E-state index contributed by atoms with van der Waals surface area (Å²) >= 11 is 3.56. The summed E-state index contributed by atoms with van der Waals surface area (Å²) in [5, 5.41) is 0. The Bertz CT molecular complexity index is 381. The van der Waals surface area contributed by atoms with Crippen LogP contribution in [0.15, 0.2) is 21.9 Å². The van der Waals surface area contributed by atoms with Gasteiger partial charge in [0.2, 0.25) is 0 Å². The first kappa shape index (κ1) is 11.0. The van der Waals surface area contributed by atoms with Crippen LogP contribution in [0.5, 0.6) is 5.75 Å². The van der Waals surface area contributed by atoms with Crippen molar-refractivity contribution in [1.29, 1.82) is 0 Å². The van der Waals surface area contributed by atoms with E-state index in [1.807, 2.05) is 0 Å². The van der Waals surface area contributed by atoms with Gasteiger partial charge in [0.15, 0.2) is 6.23 Å². The third kappa shape index (κ3) is 1.81. The van der Waals surface area contributed by atoms with Gasteiger partial charge in [0.1, 0.15) is 5.75 Å². The van der Waals surface area contributed by atoms with E-state index in [2.05, 4.69) is 43.5 Å². The lowest BCUT2D eigenvalue weighted by molar-refractivity contribution is 0.250. The Balaban J connectivity index is 2.48. The van der Waals surface area contributed by atoms with Crippen molar-refractivity contribution in [2.45, 2.75) is 22.9 Å². The molecule has 0 saturated carbocycles. The van der Waals surface area contributed by atoms with E-state index >= 15 is 0 Å². The van der Waals surface area contributed by atoms with Crippen LogP contribution in [0.25, 0.3) is 0 Å². The molecule has 4 heteroatoms. The average molecular weight is 241 g/mol. The molecule has 0 amide bonds. The van der Waals surface area contributed by atoms with Gasteiger partial charge < -0.3 is 9.64 Å². The van der Waals surface area contributed by atoms with Gasteiger partial charge in [-0.1, -0.05) is 0 Å². The van der Waals surface area contributed by atoms with Gasteiger partial charge in [0.05, 0.1) is 5.69 Å². The number of benzene rings is 1. The normalized spacial score (nSPS) is 18.9. The Labute approximate surface area is 99.4 Å². The number of thioether (sulfide) groups is 2. The number of ether oxygens (including phenoxy) is 1. The van der Waals surface area contributed by atoms with Gasteiger partial charge in [-0.05, 0) is 31.6 Å². The van der Waals surface area contributed by atoms with Crippen molar-refractivity contribution >= 4 is 29.2 Å². The van der Waals surface area contributed by atoms with Crippen LogP contribution in [0.3, 0.4) is 0 Å². The fourth-order valence-corrected chi connectivity index (χ4v) is 3.15. The maximum Gasteiger partial charge on any atom is 0.169 e. The van der Waals surface area contributed by atoms with Crippen LogP contribution < -0.4 is 9.64 Å². The highest BCUT2D eigenvalue weighted by molar-refractivity contribution is 8.01. The zero-order valence-electron chi connectivity index (χ0n) is 9.40. The van der Waals surface area contributed by atoms with Crippen LogP contribution in [0.4, 0.5) is 5.69 Å². The van der Waals surface area contributed by atoms with E-state index in [-0.39, 0.29) is 6.23 Å². The van der Waals surface area contributed by atoms with Crippen molar-refractivity contribution in [3.05, 3.63) is 12.1 Å². The van der Waals surface area contributed by atoms with Gasteiger partial charge in [-0.3, -0.25) is 0 Å².